The number of hydrogen-bond donors (Lipinski definition) is 1. The molecule has 0 radical (unpaired) electrons. The lowest BCUT2D eigenvalue weighted by atomic mass is 9.98. The van der Waals surface area contributed by atoms with Gasteiger partial charge in [0, 0.05) is 6.07 Å². The molecule has 2 bridgehead atoms. The first-order chi connectivity index (χ1) is 10.7. The minimum absolute atomic E-state index is 0.0290. The molecule has 126 valence electrons. The maximum atomic E-state index is 14.1. The van der Waals surface area contributed by atoms with Gasteiger partial charge in [0.25, 0.3) is 5.91 Å². The van der Waals surface area contributed by atoms with Crippen molar-refractivity contribution in [3.63, 3.8) is 0 Å². The molecule has 2 fully saturated rings. The molecule has 2 saturated carbocycles. The van der Waals surface area contributed by atoms with E-state index in [1.165, 1.54) is 6.42 Å². The standard InChI is InChI=1S/C15H17ClFNO4S/c1-23(20,21)18-15(19)10-6-11(16)14(7-12(10)17)22-13-5-8-2-3-9(13)4-8/h6-9,13H,2-5H2,1H3,(H,18,19). The van der Waals surface area contributed by atoms with Gasteiger partial charge < -0.3 is 4.74 Å². The van der Waals surface area contributed by atoms with Crippen molar-refractivity contribution in [3.8, 4) is 5.75 Å². The topological polar surface area (TPSA) is 72.5 Å². The SMILES string of the molecule is CS(=O)(=O)NC(=O)c1cc(Cl)c(OC2CC3CCC2C3)cc1F. The van der Waals surface area contributed by atoms with Crippen LogP contribution in [-0.2, 0) is 10.0 Å². The Bertz CT molecular complexity index is 752. The number of ether oxygens (including phenoxy) is 1. The van der Waals surface area contributed by atoms with Crippen LogP contribution < -0.4 is 9.46 Å². The molecule has 0 aliphatic heterocycles. The molecule has 0 aromatic heterocycles. The zero-order valence-corrected chi connectivity index (χ0v) is 14.1. The number of carbonyl (C=O) groups excluding carboxylic acids is 1. The van der Waals surface area contributed by atoms with Gasteiger partial charge in [-0.05, 0) is 43.6 Å². The smallest absolute Gasteiger partial charge is 0.267 e. The van der Waals surface area contributed by atoms with Gasteiger partial charge in [-0.3, -0.25) is 4.79 Å². The molecule has 3 atom stereocenters. The van der Waals surface area contributed by atoms with E-state index < -0.39 is 27.3 Å². The van der Waals surface area contributed by atoms with E-state index in [4.69, 9.17) is 16.3 Å². The van der Waals surface area contributed by atoms with Crippen LogP contribution in [-0.4, -0.2) is 26.7 Å². The largest absolute Gasteiger partial charge is 0.488 e. The Morgan fingerprint density at radius 2 is 2.09 bits per heavy atom. The zero-order chi connectivity index (χ0) is 16.8. The molecule has 2 aliphatic carbocycles. The van der Waals surface area contributed by atoms with Crippen molar-refractivity contribution < 1.29 is 22.3 Å². The molecule has 3 unspecified atom stereocenters. The zero-order valence-electron chi connectivity index (χ0n) is 12.5. The van der Waals surface area contributed by atoms with E-state index in [-0.39, 0.29) is 16.9 Å². The van der Waals surface area contributed by atoms with Crippen LogP contribution in [0.15, 0.2) is 12.1 Å². The van der Waals surface area contributed by atoms with Gasteiger partial charge in [0.15, 0.2) is 0 Å². The van der Waals surface area contributed by atoms with Crippen molar-refractivity contribution in [2.75, 3.05) is 6.26 Å². The molecule has 1 aromatic rings. The summed E-state index contributed by atoms with van der Waals surface area (Å²) in [6.45, 7) is 0. The van der Waals surface area contributed by atoms with E-state index in [9.17, 15) is 17.6 Å². The molecule has 0 spiro atoms. The van der Waals surface area contributed by atoms with Crippen molar-refractivity contribution in [2.45, 2.75) is 31.8 Å². The fourth-order valence-electron chi connectivity index (χ4n) is 3.51. The highest BCUT2D eigenvalue weighted by Crippen LogP contribution is 2.46. The first-order valence-corrected chi connectivity index (χ1v) is 9.67. The molecule has 23 heavy (non-hydrogen) atoms. The van der Waals surface area contributed by atoms with Crippen LogP contribution in [0.1, 0.15) is 36.0 Å². The Morgan fingerprint density at radius 1 is 1.35 bits per heavy atom. The summed E-state index contributed by atoms with van der Waals surface area (Å²) in [5.41, 5.74) is -0.430. The number of sulfonamides is 1. The maximum absolute atomic E-state index is 14.1. The second-order valence-electron chi connectivity index (χ2n) is 6.30. The maximum Gasteiger partial charge on any atom is 0.267 e. The summed E-state index contributed by atoms with van der Waals surface area (Å²) in [7, 11) is -3.78. The van der Waals surface area contributed by atoms with Crippen molar-refractivity contribution in [1.82, 2.24) is 4.72 Å². The van der Waals surface area contributed by atoms with E-state index >= 15 is 0 Å². The summed E-state index contributed by atoms with van der Waals surface area (Å²) in [6, 6.07) is 2.14. The number of halogens is 2. The van der Waals surface area contributed by atoms with Crippen molar-refractivity contribution >= 4 is 27.5 Å². The second-order valence-corrected chi connectivity index (χ2v) is 8.45. The van der Waals surface area contributed by atoms with Gasteiger partial charge in [-0.2, -0.15) is 0 Å². The van der Waals surface area contributed by atoms with Gasteiger partial charge in [0.1, 0.15) is 17.7 Å². The lowest BCUT2D eigenvalue weighted by Gasteiger charge is -2.23. The van der Waals surface area contributed by atoms with E-state index in [1.54, 1.807) is 4.72 Å². The first-order valence-electron chi connectivity index (χ1n) is 7.41. The quantitative estimate of drug-likeness (QED) is 0.895. The van der Waals surface area contributed by atoms with Gasteiger partial charge in [0.05, 0.1) is 16.8 Å². The highest BCUT2D eigenvalue weighted by Gasteiger charge is 2.41. The number of carbonyl (C=O) groups is 1. The molecule has 1 amide bonds. The number of nitrogens with one attached hydrogen (secondary N) is 1. The average Bonchev–Trinajstić information content (AvgIpc) is 3.02. The molecule has 5 nitrogen and oxygen atoms in total. The highest BCUT2D eigenvalue weighted by atomic mass is 35.5. The number of benzene rings is 1. The van der Waals surface area contributed by atoms with Crippen LogP contribution >= 0.6 is 11.6 Å². The van der Waals surface area contributed by atoms with Gasteiger partial charge in [-0.15, -0.1) is 0 Å². The fourth-order valence-corrected chi connectivity index (χ4v) is 4.16. The molecule has 8 heteroatoms. The molecule has 2 aliphatic rings. The average molecular weight is 362 g/mol. The Morgan fingerprint density at radius 3 is 2.65 bits per heavy atom. The molecular formula is C15H17ClFNO4S. The predicted molar refractivity (Wildman–Crippen MR) is 83.6 cm³/mol. The summed E-state index contributed by atoms with van der Waals surface area (Å²) in [5.74, 6) is -0.578. The molecular weight excluding hydrogens is 345 g/mol. The third-order valence-electron chi connectivity index (χ3n) is 4.50. The van der Waals surface area contributed by atoms with Crippen LogP contribution in [0, 0.1) is 17.7 Å². The van der Waals surface area contributed by atoms with Gasteiger partial charge in [-0.25, -0.2) is 17.5 Å². The predicted octanol–water partition coefficient (Wildman–Crippen LogP) is 2.74. The van der Waals surface area contributed by atoms with E-state index in [2.05, 4.69) is 0 Å². The van der Waals surface area contributed by atoms with E-state index in [0.29, 0.717) is 11.8 Å². The molecule has 3 rings (SSSR count). The number of rotatable bonds is 4. The lowest BCUT2D eigenvalue weighted by molar-refractivity contribution is 0.0977. The first kappa shape index (κ1) is 16.5. The third kappa shape index (κ3) is 3.61. The Balaban J connectivity index is 1.79. The summed E-state index contributed by atoms with van der Waals surface area (Å²) in [5, 5.41) is 0.0906. The van der Waals surface area contributed by atoms with Gasteiger partial charge in [0.2, 0.25) is 10.0 Å². The van der Waals surface area contributed by atoms with Crippen molar-refractivity contribution in [2.24, 2.45) is 11.8 Å². The lowest BCUT2D eigenvalue weighted by Crippen LogP contribution is -2.30. The summed E-state index contributed by atoms with van der Waals surface area (Å²) in [4.78, 5) is 11.8. The summed E-state index contributed by atoms with van der Waals surface area (Å²) >= 11 is 6.08. The van der Waals surface area contributed by atoms with Crippen LogP contribution in [0.4, 0.5) is 4.39 Å². The Hall–Kier alpha value is -1.34. The van der Waals surface area contributed by atoms with E-state index in [1.807, 2.05) is 0 Å². The normalized spacial score (nSPS) is 26.3. The fraction of sp³-hybridized carbons (Fsp3) is 0.533. The number of fused-ring (bicyclic) bond motifs is 2. The molecule has 0 saturated heterocycles. The van der Waals surface area contributed by atoms with Crippen LogP contribution in [0.3, 0.4) is 0 Å². The Labute approximate surface area is 139 Å². The van der Waals surface area contributed by atoms with E-state index in [0.717, 1.165) is 37.7 Å². The van der Waals surface area contributed by atoms with Gasteiger partial charge in [-0.1, -0.05) is 11.6 Å². The summed E-state index contributed by atoms with van der Waals surface area (Å²) < 4.78 is 43.8. The van der Waals surface area contributed by atoms with Crippen LogP contribution in [0.5, 0.6) is 5.75 Å². The number of hydrogen-bond acceptors (Lipinski definition) is 4. The van der Waals surface area contributed by atoms with Crippen molar-refractivity contribution in [3.05, 3.63) is 28.5 Å². The van der Waals surface area contributed by atoms with Gasteiger partial charge >= 0.3 is 0 Å². The molecule has 0 heterocycles. The van der Waals surface area contributed by atoms with Crippen LogP contribution in [0.2, 0.25) is 5.02 Å². The molecule has 1 aromatic carbocycles. The minimum Gasteiger partial charge on any atom is -0.488 e. The highest BCUT2D eigenvalue weighted by molar-refractivity contribution is 7.89. The summed E-state index contributed by atoms with van der Waals surface area (Å²) in [6.07, 6.45) is 5.26. The van der Waals surface area contributed by atoms with Crippen LogP contribution in [0.25, 0.3) is 0 Å². The third-order valence-corrected chi connectivity index (χ3v) is 5.35. The Kier molecular flexibility index (Phi) is 4.27. The molecule has 1 N–H and O–H groups in total. The second kappa shape index (κ2) is 5.94. The monoisotopic (exact) mass is 361 g/mol. The minimum atomic E-state index is -3.78. The van der Waals surface area contributed by atoms with Crippen molar-refractivity contribution in [1.29, 1.82) is 0 Å². The number of amides is 1.